The molecule has 0 radical (unpaired) electrons. The number of hydrogen-bond acceptors (Lipinski definition) is 1. The summed E-state index contributed by atoms with van der Waals surface area (Å²) in [5, 5.41) is 1.84. The maximum Gasteiger partial charge on any atom is 0.0633 e. The maximum atomic E-state index is 4.20. The predicted molar refractivity (Wildman–Crippen MR) is 48.4 cm³/mol. The van der Waals surface area contributed by atoms with Gasteiger partial charge in [-0.2, -0.15) is 0 Å². The van der Waals surface area contributed by atoms with E-state index < -0.39 is 0 Å². The van der Waals surface area contributed by atoms with Crippen LogP contribution in [0.3, 0.4) is 0 Å². The van der Waals surface area contributed by atoms with Gasteiger partial charge in [0.05, 0.1) is 5.35 Å². The van der Waals surface area contributed by atoms with Crippen LogP contribution < -0.4 is 10.6 Å². The molecule has 0 atom stereocenters. The van der Waals surface area contributed by atoms with E-state index in [-0.39, 0.29) is 0 Å². The highest BCUT2D eigenvalue weighted by Crippen LogP contribution is 1.79. The quantitative estimate of drug-likeness (QED) is 0.568. The zero-order chi connectivity index (χ0) is 8.27. The number of aryl methyl sites for hydroxylation is 1. The molecule has 1 heteroatoms. The molecule has 0 saturated carbocycles. The third kappa shape index (κ3) is 1.77. The minimum atomic E-state index is 0.810. The molecule has 11 heavy (non-hydrogen) atoms. The van der Waals surface area contributed by atoms with Crippen molar-refractivity contribution in [2.24, 2.45) is 0 Å². The number of hydrogen-bond donors (Lipinski definition) is 0. The van der Waals surface area contributed by atoms with E-state index in [0.717, 1.165) is 16.3 Å². The maximum absolute atomic E-state index is 4.20. The van der Waals surface area contributed by atoms with Crippen molar-refractivity contribution < 1.29 is 0 Å². The van der Waals surface area contributed by atoms with Crippen LogP contribution in [0, 0.1) is 6.92 Å². The SMILES string of the molecule is C=C/C=c1/ccc(C)nc1=C. The van der Waals surface area contributed by atoms with Crippen molar-refractivity contribution in [2.45, 2.75) is 6.92 Å². The van der Waals surface area contributed by atoms with Gasteiger partial charge in [0.25, 0.3) is 0 Å². The molecule has 0 spiro atoms. The molecule has 0 N–H and O–H groups in total. The lowest BCUT2D eigenvalue weighted by Crippen LogP contribution is -2.26. The summed E-state index contributed by atoms with van der Waals surface area (Å²) in [5.41, 5.74) is 0.996. The van der Waals surface area contributed by atoms with Gasteiger partial charge in [-0.15, -0.1) is 0 Å². The summed E-state index contributed by atoms with van der Waals surface area (Å²) in [6.07, 6.45) is 3.63. The van der Waals surface area contributed by atoms with Crippen LogP contribution in [0.5, 0.6) is 0 Å². The van der Waals surface area contributed by atoms with Crippen LogP contribution >= 0.6 is 0 Å². The van der Waals surface area contributed by atoms with Gasteiger partial charge in [-0.05, 0) is 18.2 Å². The van der Waals surface area contributed by atoms with Gasteiger partial charge in [0.1, 0.15) is 0 Å². The van der Waals surface area contributed by atoms with Gasteiger partial charge in [0.2, 0.25) is 0 Å². The number of aromatic nitrogens is 1. The van der Waals surface area contributed by atoms with E-state index in [2.05, 4.69) is 18.1 Å². The molecule has 0 aromatic carbocycles. The summed E-state index contributed by atoms with van der Waals surface area (Å²) in [4.78, 5) is 4.20. The monoisotopic (exact) mass is 145 g/mol. The van der Waals surface area contributed by atoms with Crippen LogP contribution in [0.25, 0.3) is 12.7 Å². The van der Waals surface area contributed by atoms with Crippen LogP contribution in [0.4, 0.5) is 0 Å². The highest BCUT2D eigenvalue weighted by molar-refractivity contribution is 5.35. The number of rotatable bonds is 1. The van der Waals surface area contributed by atoms with Gasteiger partial charge in [0, 0.05) is 5.69 Å². The second kappa shape index (κ2) is 3.15. The van der Waals surface area contributed by atoms with Crippen LogP contribution in [0.1, 0.15) is 5.69 Å². The van der Waals surface area contributed by atoms with Gasteiger partial charge in [-0.25, -0.2) is 0 Å². The van der Waals surface area contributed by atoms with E-state index >= 15 is 0 Å². The fourth-order valence-corrected chi connectivity index (χ4v) is 0.900. The summed E-state index contributed by atoms with van der Waals surface area (Å²) >= 11 is 0. The van der Waals surface area contributed by atoms with Crippen molar-refractivity contribution >= 4 is 12.7 Å². The average Bonchev–Trinajstić information content (AvgIpc) is 1.95. The third-order valence-electron chi connectivity index (χ3n) is 1.45. The first-order valence-electron chi connectivity index (χ1n) is 3.49. The van der Waals surface area contributed by atoms with Crippen LogP contribution in [0.2, 0.25) is 0 Å². The van der Waals surface area contributed by atoms with E-state index in [9.17, 15) is 0 Å². The zero-order valence-electron chi connectivity index (χ0n) is 6.67. The highest BCUT2D eigenvalue weighted by atomic mass is 14.7. The fraction of sp³-hybridized carbons (Fsp3) is 0.100. The minimum Gasteiger partial charge on any atom is -0.254 e. The number of pyridine rings is 1. The van der Waals surface area contributed by atoms with Gasteiger partial charge in [0.15, 0.2) is 0 Å². The summed E-state index contributed by atoms with van der Waals surface area (Å²) in [6.45, 7) is 9.37. The smallest absolute Gasteiger partial charge is 0.0633 e. The van der Waals surface area contributed by atoms with Crippen molar-refractivity contribution in [3.63, 3.8) is 0 Å². The lowest BCUT2D eigenvalue weighted by atomic mass is 10.3. The van der Waals surface area contributed by atoms with E-state index in [1.807, 2.05) is 25.1 Å². The Morgan fingerprint density at radius 1 is 1.45 bits per heavy atom. The van der Waals surface area contributed by atoms with E-state index in [4.69, 9.17) is 0 Å². The van der Waals surface area contributed by atoms with Gasteiger partial charge < -0.3 is 0 Å². The summed E-state index contributed by atoms with van der Waals surface area (Å²) in [6, 6.07) is 3.95. The van der Waals surface area contributed by atoms with Crippen molar-refractivity contribution in [2.75, 3.05) is 0 Å². The molecule has 56 valence electrons. The first kappa shape index (κ1) is 7.73. The molecule has 0 bridgehead atoms. The summed E-state index contributed by atoms with van der Waals surface area (Å²) < 4.78 is 0. The molecule has 0 amide bonds. The molecule has 0 aliphatic carbocycles. The number of allylic oxidation sites excluding steroid dienone is 1. The first-order valence-corrected chi connectivity index (χ1v) is 3.49. The van der Waals surface area contributed by atoms with Crippen LogP contribution in [0.15, 0.2) is 24.8 Å². The largest absolute Gasteiger partial charge is 0.254 e. The molecule has 1 aromatic rings. The Labute approximate surface area is 66.4 Å². The Morgan fingerprint density at radius 3 is 2.73 bits per heavy atom. The van der Waals surface area contributed by atoms with Gasteiger partial charge >= 0.3 is 0 Å². The van der Waals surface area contributed by atoms with Crippen LogP contribution in [-0.2, 0) is 0 Å². The summed E-state index contributed by atoms with van der Waals surface area (Å²) in [5.74, 6) is 0. The molecule has 1 aromatic heterocycles. The average molecular weight is 145 g/mol. The molecule has 0 unspecified atom stereocenters. The normalized spacial score (nSPS) is 11.5. The second-order valence-electron chi connectivity index (χ2n) is 2.39. The molecular formula is C10H11N. The lowest BCUT2D eigenvalue weighted by molar-refractivity contribution is 1.14. The highest BCUT2D eigenvalue weighted by Gasteiger charge is 1.83. The van der Waals surface area contributed by atoms with Crippen molar-refractivity contribution in [3.05, 3.63) is 41.0 Å². The van der Waals surface area contributed by atoms with Gasteiger partial charge in [-0.1, -0.05) is 31.4 Å². The molecule has 0 saturated heterocycles. The molecule has 1 rings (SSSR count). The van der Waals surface area contributed by atoms with E-state index in [1.165, 1.54) is 0 Å². The Balaban J connectivity index is 3.43. The standard InChI is InChI=1S/C10H11N/c1-4-5-10-7-6-8(2)11-9(10)3/h4-7H,1,3H2,2H3/b10-5-. The Morgan fingerprint density at radius 2 is 2.18 bits per heavy atom. The minimum absolute atomic E-state index is 0.810. The zero-order valence-corrected chi connectivity index (χ0v) is 6.67. The molecule has 1 heterocycles. The Bertz CT molecular complexity index is 363. The molecule has 0 fully saturated rings. The topological polar surface area (TPSA) is 12.9 Å². The number of nitrogens with zero attached hydrogens (tertiary/aromatic N) is 1. The Hall–Kier alpha value is -1.37. The van der Waals surface area contributed by atoms with Crippen molar-refractivity contribution in [3.8, 4) is 0 Å². The second-order valence-corrected chi connectivity index (χ2v) is 2.39. The van der Waals surface area contributed by atoms with Crippen molar-refractivity contribution in [1.82, 2.24) is 4.98 Å². The molecule has 0 aliphatic rings. The van der Waals surface area contributed by atoms with Gasteiger partial charge in [-0.3, -0.25) is 4.98 Å². The third-order valence-corrected chi connectivity index (χ3v) is 1.45. The molecule has 0 aliphatic heterocycles. The lowest BCUT2D eigenvalue weighted by Gasteiger charge is -1.89. The molecule has 1 nitrogen and oxygen atoms in total. The first-order chi connectivity index (χ1) is 5.24. The Kier molecular flexibility index (Phi) is 2.21. The summed E-state index contributed by atoms with van der Waals surface area (Å²) in [7, 11) is 0. The molecular weight excluding hydrogens is 134 g/mol. The van der Waals surface area contributed by atoms with Crippen LogP contribution in [-0.4, -0.2) is 4.98 Å². The van der Waals surface area contributed by atoms with E-state index in [0.29, 0.717) is 0 Å². The van der Waals surface area contributed by atoms with Crippen molar-refractivity contribution in [1.29, 1.82) is 0 Å². The predicted octanol–water partition coefficient (Wildman–Crippen LogP) is 0.767. The van der Waals surface area contributed by atoms with E-state index in [1.54, 1.807) is 6.08 Å². The fourth-order valence-electron chi connectivity index (χ4n) is 0.900.